The molecule has 0 N–H and O–H groups in total. The number of hydrogen-bond donors (Lipinski definition) is 0. The molecule has 0 nitrogen and oxygen atoms in total. The molecule has 0 aliphatic carbocycles. The van der Waals surface area contributed by atoms with Gasteiger partial charge in [0.2, 0.25) is 0 Å². The highest BCUT2D eigenvalue weighted by Gasteiger charge is 2.10. The van der Waals surface area contributed by atoms with Crippen LogP contribution in [0.25, 0.3) is 21.9 Å². The van der Waals surface area contributed by atoms with E-state index < -0.39 is 0 Å². The van der Waals surface area contributed by atoms with Gasteiger partial charge < -0.3 is 0 Å². The van der Waals surface area contributed by atoms with Crippen LogP contribution in [0.2, 0.25) is 0 Å². The highest BCUT2D eigenvalue weighted by molar-refractivity contribution is 5.88. The van der Waals surface area contributed by atoms with E-state index in [-0.39, 0.29) is 11.6 Å². The van der Waals surface area contributed by atoms with Crippen LogP contribution in [0.15, 0.2) is 78.9 Å². The first-order valence-corrected chi connectivity index (χ1v) is 10.2. The van der Waals surface area contributed by atoms with Crippen LogP contribution in [0.3, 0.4) is 0 Å². The van der Waals surface area contributed by atoms with Gasteiger partial charge >= 0.3 is 0 Å². The summed E-state index contributed by atoms with van der Waals surface area (Å²) in [7, 11) is 0. The molecule has 29 heavy (non-hydrogen) atoms. The summed E-state index contributed by atoms with van der Waals surface area (Å²) in [6.07, 6.45) is 4.15. The lowest BCUT2D eigenvalue weighted by Crippen LogP contribution is -1.94. The molecule has 0 saturated carbocycles. The van der Waals surface area contributed by atoms with Crippen molar-refractivity contribution in [3.8, 4) is 11.1 Å². The molecule has 0 unspecified atom stereocenters. The average Bonchev–Trinajstić information content (AvgIpc) is 2.74. The van der Waals surface area contributed by atoms with Crippen molar-refractivity contribution in [2.45, 2.75) is 32.6 Å². The van der Waals surface area contributed by atoms with Crippen LogP contribution in [-0.2, 0) is 19.3 Å². The van der Waals surface area contributed by atoms with Crippen LogP contribution >= 0.6 is 0 Å². The average molecular weight is 386 g/mol. The molecule has 0 heterocycles. The Bertz CT molecular complexity index is 1130. The Morgan fingerprint density at radius 3 is 2.07 bits per heavy atom. The topological polar surface area (TPSA) is 0 Å². The van der Waals surface area contributed by atoms with E-state index in [9.17, 15) is 4.39 Å². The molecule has 4 rings (SSSR count). The summed E-state index contributed by atoms with van der Waals surface area (Å²) in [4.78, 5) is 0. The summed E-state index contributed by atoms with van der Waals surface area (Å²) in [6.45, 7) is 2.19. The molecule has 0 aliphatic rings. The van der Waals surface area contributed by atoms with Crippen LogP contribution in [0, 0.1) is 11.6 Å². The highest BCUT2D eigenvalue weighted by Crippen LogP contribution is 2.30. The number of rotatable bonds is 6. The second-order valence-corrected chi connectivity index (χ2v) is 7.56. The SMILES string of the molecule is CCCc1ccc(CCc2ccc3c(F)c(-c4cccc(F)c4)ccc3c2)cc1. The van der Waals surface area contributed by atoms with Crippen LogP contribution in [0.5, 0.6) is 0 Å². The molecule has 0 saturated heterocycles. The van der Waals surface area contributed by atoms with Crippen molar-refractivity contribution < 1.29 is 8.78 Å². The molecule has 0 fully saturated rings. The lowest BCUT2D eigenvalue weighted by molar-refractivity contribution is 0.627. The molecule has 0 radical (unpaired) electrons. The highest BCUT2D eigenvalue weighted by atomic mass is 19.1. The Kier molecular flexibility index (Phi) is 5.71. The number of halogens is 2. The maximum atomic E-state index is 15.0. The maximum absolute atomic E-state index is 15.0. The molecule has 4 aromatic rings. The zero-order valence-corrected chi connectivity index (χ0v) is 16.6. The van der Waals surface area contributed by atoms with Crippen LogP contribution in [-0.4, -0.2) is 0 Å². The summed E-state index contributed by atoms with van der Waals surface area (Å²) in [5.74, 6) is -0.661. The summed E-state index contributed by atoms with van der Waals surface area (Å²) in [6, 6.07) is 24.4. The molecule has 0 aliphatic heterocycles. The van der Waals surface area contributed by atoms with E-state index >= 15 is 4.39 Å². The molecular weight excluding hydrogens is 362 g/mol. The molecule has 2 heteroatoms. The molecule has 0 atom stereocenters. The van der Waals surface area contributed by atoms with Crippen molar-refractivity contribution in [2.24, 2.45) is 0 Å². The quantitative estimate of drug-likeness (QED) is 0.321. The zero-order valence-electron chi connectivity index (χ0n) is 16.6. The summed E-state index contributed by atoms with van der Waals surface area (Å²) in [5, 5.41) is 1.44. The molecule has 0 bridgehead atoms. The lowest BCUT2D eigenvalue weighted by atomic mass is 9.97. The van der Waals surface area contributed by atoms with Gasteiger partial charge in [-0.2, -0.15) is 0 Å². The van der Waals surface area contributed by atoms with E-state index in [2.05, 4.69) is 37.3 Å². The largest absolute Gasteiger partial charge is 0.207 e. The molecule has 0 spiro atoms. The number of benzene rings is 4. The van der Waals surface area contributed by atoms with Gasteiger partial charge in [0.1, 0.15) is 11.6 Å². The van der Waals surface area contributed by atoms with E-state index in [1.165, 1.54) is 28.8 Å². The minimum absolute atomic E-state index is 0.300. The Morgan fingerprint density at radius 1 is 0.655 bits per heavy atom. The Balaban J connectivity index is 1.54. The fourth-order valence-corrected chi connectivity index (χ4v) is 3.83. The Morgan fingerprint density at radius 2 is 1.34 bits per heavy atom. The zero-order chi connectivity index (χ0) is 20.2. The molecule has 4 aromatic carbocycles. The molecule has 0 aromatic heterocycles. The van der Waals surface area contributed by atoms with Gasteiger partial charge in [-0.15, -0.1) is 0 Å². The van der Waals surface area contributed by atoms with Crippen molar-refractivity contribution in [3.63, 3.8) is 0 Å². The lowest BCUT2D eigenvalue weighted by Gasteiger charge is -2.09. The second kappa shape index (κ2) is 8.57. The van der Waals surface area contributed by atoms with Gasteiger partial charge in [-0.1, -0.05) is 80.1 Å². The smallest absolute Gasteiger partial charge is 0.138 e. The summed E-state index contributed by atoms with van der Waals surface area (Å²) >= 11 is 0. The van der Waals surface area contributed by atoms with E-state index in [0.717, 1.165) is 31.1 Å². The predicted octanol–water partition coefficient (Wildman–Crippen LogP) is 7.52. The Hall–Kier alpha value is -3.00. The Labute approximate surface area is 170 Å². The van der Waals surface area contributed by atoms with Crippen molar-refractivity contribution >= 4 is 10.8 Å². The van der Waals surface area contributed by atoms with Crippen molar-refractivity contribution in [3.05, 3.63) is 107 Å². The van der Waals surface area contributed by atoms with Crippen LogP contribution in [0.1, 0.15) is 30.0 Å². The maximum Gasteiger partial charge on any atom is 0.138 e. The summed E-state index contributed by atoms with van der Waals surface area (Å²) in [5.41, 5.74) is 4.87. The van der Waals surface area contributed by atoms with Gasteiger partial charge in [-0.05, 0) is 59.0 Å². The van der Waals surface area contributed by atoms with Gasteiger partial charge in [0, 0.05) is 10.9 Å². The number of aryl methyl sites for hydroxylation is 3. The molecule has 146 valence electrons. The fraction of sp³-hybridized carbons (Fsp3) is 0.185. The van der Waals surface area contributed by atoms with Crippen LogP contribution in [0.4, 0.5) is 8.78 Å². The van der Waals surface area contributed by atoms with Crippen molar-refractivity contribution in [1.29, 1.82) is 0 Å². The molecular formula is C27H24F2. The third-order valence-electron chi connectivity index (χ3n) is 5.42. The van der Waals surface area contributed by atoms with Crippen LogP contribution < -0.4 is 0 Å². The van der Waals surface area contributed by atoms with E-state index in [4.69, 9.17) is 0 Å². The monoisotopic (exact) mass is 386 g/mol. The molecule has 0 amide bonds. The first-order valence-electron chi connectivity index (χ1n) is 10.2. The third-order valence-corrected chi connectivity index (χ3v) is 5.42. The second-order valence-electron chi connectivity index (χ2n) is 7.56. The van der Waals surface area contributed by atoms with E-state index in [1.54, 1.807) is 18.2 Å². The van der Waals surface area contributed by atoms with E-state index in [0.29, 0.717) is 16.5 Å². The number of hydrogen-bond acceptors (Lipinski definition) is 0. The van der Waals surface area contributed by atoms with Gasteiger partial charge in [-0.3, -0.25) is 0 Å². The third kappa shape index (κ3) is 4.37. The minimum Gasteiger partial charge on any atom is -0.207 e. The predicted molar refractivity (Wildman–Crippen MR) is 117 cm³/mol. The number of fused-ring (bicyclic) bond motifs is 1. The van der Waals surface area contributed by atoms with Gasteiger partial charge in [0.15, 0.2) is 0 Å². The van der Waals surface area contributed by atoms with Gasteiger partial charge in [0.25, 0.3) is 0 Å². The van der Waals surface area contributed by atoms with Gasteiger partial charge in [0.05, 0.1) is 0 Å². The minimum atomic E-state index is -0.361. The summed E-state index contributed by atoms with van der Waals surface area (Å²) < 4.78 is 28.6. The van der Waals surface area contributed by atoms with Crippen molar-refractivity contribution in [2.75, 3.05) is 0 Å². The first kappa shape index (κ1) is 19.3. The van der Waals surface area contributed by atoms with Crippen molar-refractivity contribution in [1.82, 2.24) is 0 Å². The first-order chi connectivity index (χ1) is 14.1. The fourth-order valence-electron chi connectivity index (χ4n) is 3.83. The normalized spacial score (nSPS) is 11.1. The van der Waals surface area contributed by atoms with Gasteiger partial charge in [-0.25, -0.2) is 8.78 Å². The van der Waals surface area contributed by atoms with E-state index in [1.807, 2.05) is 18.2 Å². The standard InChI is InChI=1S/C27H24F2/c1-2-4-19-7-9-20(10-8-19)11-12-21-13-15-25-23(17-21)14-16-26(27(25)29)22-5-3-6-24(28)18-22/h3,5-10,13-18H,2,4,11-12H2,1H3.